The van der Waals surface area contributed by atoms with Crippen LogP contribution in [0, 0.1) is 45.8 Å². The van der Waals surface area contributed by atoms with E-state index in [1.807, 2.05) is 0 Å². The van der Waals surface area contributed by atoms with Gasteiger partial charge in [-0.1, -0.05) is 51.8 Å². The van der Waals surface area contributed by atoms with Crippen molar-refractivity contribution >= 4 is 5.91 Å². The topological polar surface area (TPSA) is 66.9 Å². The number of rotatable bonds is 3. The second-order valence-electron chi connectivity index (χ2n) is 9.28. The Morgan fingerprint density at radius 1 is 1.40 bits per heavy atom. The molecule has 2 N–H and O–H groups in total. The minimum atomic E-state index is -0.401. The van der Waals surface area contributed by atoms with Crippen molar-refractivity contribution in [3.8, 4) is 6.07 Å². The molecule has 0 aromatic carbocycles. The normalized spacial score (nSPS) is 40.4. The summed E-state index contributed by atoms with van der Waals surface area (Å²) in [6, 6.07) is 2.40. The average Bonchev–Trinajstić information content (AvgIpc) is 2.54. The largest absolute Gasteiger partial charge is 0.369 e. The lowest BCUT2D eigenvalue weighted by Gasteiger charge is -2.58. The first kappa shape index (κ1) is 18.2. The van der Waals surface area contributed by atoms with E-state index >= 15 is 0 Å². The van der Waals surface area contributed by atoms with Crippen LogP contribution in [0.1, 0.15) is 66.2 Å². The Labute approximate surface area is 152 Å². The maximum atomic E-state index is 12.3. The third-order valence-corrected chi connectivity index (χ3v) is 7.66. The van der Waals surface area contributed by atoms with E-state index in [1.165, 1.54) is 11.1 Å². The van der Waals surface area contributed by atoms with Crippen LogP contribution < -0.4 is 5.73 Å². The van der Waals surface area contributed by atoms with Crippen molar-refractivity contribution in [2.45, 2.75) is 66.2 Å². The number of hydrogen-bond donors (Lipinski definition) is 1. The second kappa shape index (κ2) is 6.31. The number of fused-ring (bicyclic) bond motifs is 3. The smallest absolute Gasteiger partial charge is 0.223 e. The Hall–Kier alpha value is -1.56. The fraction of sp³-hybridized carbons (Fsp3) is 0.727. The molecule has 0 saturated heterocycles. The molecule has 3 nitrogen and oxygen atoms in total. The van der Waals surface area contributed by atoms with E-state index in [0.29, 0.717) is 30.1 Å². The monoisotopic (exact) mass is 340 g/mol. The zero-order valence-electron chi connectivity index (χ0n) is 16.1. The first-order valence-electron chi connectivity index (χ1n) is 9.82. The quantitative estimate of drug-likeness (QED) is 0.806. The van der Waals surface area contributed by atoms with E-state index in [9.17, 15) is 10.1 Å². The van der Waals surface area contributed by atoms with E-state index in [0.717, 1.165) is 32.1 Å². The zero-order valence-corrected chi connectivity index (χ0v) is 16.1. The van der Waals surface area contributed by atoms with Gasteiger partial charge in [-0.25, -0.2) is 0 Å². The van der Waals surface area contributed by atoms with Crippen molar-refractivity contribution in [2.75, 3.05) is 0 Å². The molecule has 0 aromatic heterocycles. The summed E-state index contributed by atoms with van der Waals surface area (Å²) in [5.74, 6) is 1.46. The summed E-state index contributed by atoms with van der Waals surface area (Å²) >= 11 is 0. The Morgan fingerprint density at radius 3 is 2.72 bits per heavy atom. The second-order valence-corrected chi connectivity index (χ2v) is 9.28. The highest BCUT2D eigenvalue weighted by molar-refractivity contribution is 5.81. The fourth-order valence-electron chi connectivity index (χ4n) is 6.18. The van der Waals surface area contributed by atoms with Crippen LogP contribution >= 0.6 is 0 Å². The summed E-state index contributed by atoms with van der Waals surface area (Å²) in [5, 5.41) is 9.31. The molecule has 0 radical (unpaired) electrons. The Morgan fingerprint density at radius 2 is 2.12 bits per heavy atom. The van der Waals surface area contributed by atoms with Crippen molar-refractivity contribution in [3.05, 3.63) is 23.3 Å². The third-order valence-electron chi connectivity index (χ3n) is 7.66. The molecular weight excluding hydrogens is 308 g/mol. The molecular formula is C22H32N2O. The van der Waals surface area contributed by atoms with Crippen molar-refractivity contribution in [2.24, 2.45) is 40.2 Å². The summed E-state index contributed by atoms with van der Waals surface area (Å²) in [4.78, 5) is 12.3. The van der Waals surface area contributed by atoms with Gasteiger partial charge in [-0.05, 0) is 60.3 Å². The highest BCUT2D eigenvalue weighted by Crippen LogP contribution is 2.62. The molecule has 5 atom stereocenters. The molecule has 0 aromatic rings. The standard InChI is InChI=1S/C22H32N2O/c1-14(2)17-12-16-6-7-19-21(3,18(16)13-15(17)8-11-23)9-5-10-22(19,4)20(24)25/h6,12,14-15,18-19H,5,7-10,13H2,1-4H3,(H2,24,25)/t15-,18+,19+,21-,22+/m0/s1. The van der Waals surface area contributed by atoms with E-state index in [1.54, 1.807) is 0 Å². The molecule has 0 spiro atoms. The first-order chi connectivity index (χ1) is 11.7. The highest BCUT2D eigenvalue weighted by atomic mass is 16.1. The number of nitrogens with two attached hydrogens (primary N) is 1. The van der Waals surface area contributed by atoms with Gasteiger partial charge in [0.05, 0.1) is 6.07 Å². The van der Waals surface area contributed by atoms with Gasteiger partial charge in [0, 0.05) is 11.8 Å². The number of allylic oxidation sites excluding steroid dienone is 4. The summed E-state index contributed by atoms with van der Waals surface area (Å²) < 4.78 is 0. The number of primary amides is 1. The van der Waals surface area contributed by atoms with Gasteiger partial charge >= 0.3 is 0 Å². The number of amides is 1. The summed E-state index contributed by atoms with van der Waals surface area (Å²) in [5.41, 5.74) is 8.45. The minimum Gasteiger partial charge on any atom is -0.369 e. The predicted molar refractivity (Wildman–Crippen MR) is 100 cm³/mol. The molecule has 25 heavy (non-hydrogen) atoms. The van der Waals surface area contributed by atoms with Crippen LogP contribution in [0.15, 0.2) is 23.3 Å². The van der Waals surface area contributed by atoms with Crippen molar-refractivity contribution in [1.29, 1.82) is 5.26 Å². The molecule has 0 unspecified atom stereocenters. The van der Waals surface area contributed by atoms with Crippen LogP contribution in [-0.2, 0) is 4.79 Å². The van der Waals surface area contributed by atoms with E-state index in [-0.39, 0.29) is 11.3 Å². The predicted octanol–water partition coefficient (Wildman–Crippen LogP) is 4.75. The molecule has 1 fully saturated rings. The van der Waals surface area contributed by atoms with Gasteiger partial charge in [-0.15, -0.1) is 0 Å². The molecule has 0 heterocycles. The molecule has 0 aliphatic heterocycles. The van der Waals surface area contributed by atoms with Gasteiger partial charge < -0.3 is 5.73 Å². The fourth-order valence-corrected chi connectivity index (χ4v) is 6.18. The summed E-state index contributed by atoms with van der Waals surface area (Å²) in [6.45, 7) is 8.93. The lowest BCUT2D eigenvalue weighted by molar-refractivity contribution is -0.140. The maximum absolute atomic E-state index is 12.3. The highest BCUT2D eigenvalue weighted by Gasteiger charge is 2.57. The lowest BCUT2D eigenvalue weighted by atomic mass is 9.46. The summed E-state index contributed by atoms with van der Waals surface area (Å²) in [7, 11) is 0. The zero-order chi connectivity index (χ0) is 18.4. The molecule has 1 amide bonds. The molecule has 3 aliphatic rings. The van der Waals surface area contributed by atoms with Crippen molar-refractivity contribution < 1.29 is 4.79 Å². The Kier molecular flexibility index (Phi) is 4.60. The SMILES string of the molecule is CC(C)C1=CC2=CC[C@@H]3[C@@](C)(CCC[C@@]3(C)C(N)=O)[C@@H]2C[C@@H]1CC#N. The van der Waals surface area contributed by atoms with E-state index < -0.39 is 5.41 Å². The molecule has 3 aliphatic carbocycles. The molecule has 0 bridgehead atoms. The Bertz CT molecular complexity index is 668. The minimum absolute atomic E-state index is 0.110. The number of carbonyl (C=O) groups excluding carboxylic acids is 1. The van der Waals surface area contributed by atoms with Crippen LogP contribution in [0.2, 0.25) is 0 Å². The maximum Gasteiger partial charge on any atom is 0.223 e. The number of carbonyl (C=O) groups is 1. The van der Waals surface area contributed by atoms with Gasteiger partial charge in [-0.3, -0.25) is 4.79 Å². The van der Waals surface area contributed by atoms with E-state index in [4.69, 9.17) is 5.73 Å². The Balaban J connectivity index is 2.04. The summed E-state index contributed by atoms with van der Waals surface area (Å²) in [6.07, 6.45) is 10.5. The van der Waals surface area contributed by atoms with Gasteiger partial charge in [0.1, 0.15) is 0 Å². The van der Waals surface area contributed by atoms with Crippen molar-refractivity contribution in [1.82, 2.24) is 0 Å². The van der Waals surface area contributed by atoms with Gasteiger partial charge in [0.15, 0.2) is 0 Å². The third kappa shape index (κ3) is 2.75. The molecule has 3 rings (SSSR count). The number of nitrogens with zero attached hydrogens (tertiary/aromatic N) is 1. The van der Waals surface area contributed by atoms with Crippen LogP contribution in [0.4, 0.5) is 0 Å². The molecule has 3 heteroatoms. The van der Waals surface area contributed by atoms with Crippen molar-refractivity contribution in [3.63, 3.8) is 0 Å². The van der Waals surface area contributed by atoms with Gasteiger partial charge in [0.25, 0.3) is 0 Å². The van der Waals surface area contributed by atoms with Crippen LogP contribution in [-0.4, -0.2) is 5.91 Å². The number of hydrogen-bond acceptors (Lipinski definition) is 2. The van der Waals surface area contributed by atoms with E-state index in [2.05, 4.69) is 45.9 Å². The number of nitriles is 1. The first-order valence-corrected chi connectivity index (χ1v) is 9.82. The van der Waals surface area contributed by atoms with Gasteiger partial charge in [0.2, 0.25) is 5.91 Å². The van der Waals surface area contributed by atoms with Crippen LogP contribution in [0.25, 0.3) is 0 Å². The van der Waals surface area contributed by atoms with Gasteiger partial charge in [-0.2, -0.15) is 5.26 Å². The van der Waals surface area contributed by atoms with Crippen LogP contribution in [0.5, 0.6) is 0 Å². The molecule has 136 valence electrons. The molecule has 1 saturated carbocycles. The van der Waals surface area contributed by atoms with Crippen LogP contribution in [0.3, 0.4) is 0 Å². The average molecular weight is 341 g/mol. The lowest BCUT2D eigenvalue weighted by Crippen LogP contribution is -2.55.